The van der Waals surface area contributed by atoms with Crippen LogP contribution in [0.15, 0.2) is 66.7 Å². The van der Waals surface area contributed by atoms with Crippen molar-refractivity contribution in [3.05, 3.63) is 89.2 Å². The molecule has 0 bridgehead atoms. The third-order valence-corrected chi connectivity index (χ3v) is 6.00. The summed E-state index contributed by atoms with van der Waals surface area (Å²) in [6.45, 7) is 0. The third-order valence-electron chi connectivity index (χ3n) is 4.77. The van der Waals surface area contributed by atoms with Crippen LogP contribution in [-0.2, 0) is 23.5 Å². The molecule has 0 aliphatic rings. The van der Waals surface area contributed by atoms with Gasteiger partial charge in [-0.3, -0.25) is 4.79 Å². The number of primary sulfonamides is 1. The first-order valence-electron chi connectivity index (χ1n) is 8.71. The van der Waals surface area contributed by atoms with E-state index in [9.17, 15) is 13.2 Å². The maximum Gasteiger partial charge on any atom is 0.216 e. The van der Waals surface area contributed by atoms with Crippen molar-refractivity contribution in [1.82, 2.24) is 4.57 Å². The van der Waals surface area contributed by atoms with Crippen LogP contribution in [0.1, 0.15) is 32.6 Å². The van der Waals surface area contributed by atoms with Crippen molar-refractivity contribution < 1.29 is 17.9 Å². The van der Waals surface area contributed by atoms with Crippen LogP contribution in [0.4, 0.5) is 0 Å². The molecule has 0 amide bonds. The summed E-state index contributed by atoms with van der Waals surface area (Å²) in [5.41, 5.74) is 2.20. The zero-order chi connectivity index (χ0) is 20.3. The Morgan fingerprint density at radius 3 is 2.32 bits per heavy atom. The second-order valence-corrected chi connectivity index (χ2v) is 8.24. The highest BCUT2D eigenvalue weighted by atomic mass is 32.2. The summed E-state index contributed by atoms with van der Waals surface area (Å²) < 4.78 is 31.3. The predicted octanol–water partition coefficient (Wildman–Crippen LogP) is 2.84. The van der Waals surface area contributed by atoms with Gasteiger partial charge in [0.1, 0.15) is 11.0 Å². The van der Waals surface area contributed by atoms with E-state index in [4.69, 9.17) is 9.88 Å². The molecule has 0 radical (unpaired) electrons. The Labute approximate surface area is 164 Å². The lowest BCUT2D eigenvalue weighted by Crippen LogP contribution is -2.24. The number of rotatable bonds is 7. The van der Waals surface area contributed by atoms with Crippen molar-refractivity contribution in [3.8, 4) is 5.75 Å². The Hall–Kier alpha value is -2.90. The van der Waals surface area contributed by atoms with E-state index in [-0.39, 0.29) is 12.2 Å². The summed E-state index contributed by atoms with van der Waals surface area (Å²) in [6.07, 6.45) is 0.165. The Kier molecular flexibility index (Phi) is 5.67. The van der Waals surface area contributed by atoms with Crippen LogP contribution in [0.3, 0.4) is 0 Å². The van der Waals surface area contributed by atoms with Crippen LogP contribution in [-0.4, -0.2) is 25.9 Å². The molecular weight excluding hydrogens is 376 g/mol. The fourth-order valence-corrected chi connectivity index (χ4v) is 4.18. The fraction of sp³-hybridized carbons (Fsp3) is 0.190. The fourth-order valence-electron chi connectivity index (χ4n) is 3.24. The average molecular weight is 398 g/mol. The van der Waals surface area contributed by atoms with Gasteiger partial charge in [0.15, 0.2) is 0 Å². The molecule has 1 atom stereocenters. The molecule has 0 saturated heterocycles. The molecule has 1 heterocycles. The minimum Gasteiger partial charge on any atom is -0.496 e. The number of sulfonamides is 1. The minimum absolute atomic E-state index is 0.165. The van der Waals surface area contributed by atoms with E-state index in [0.29, 0.717) is 28.3 Å². The predicted molar refractivity (Wildman–Crippen MR) is 108 cm³/mol. The molecule has 7 heteroatoms. The molecule has 0 aliphatic carbocycles. The Balaban J connectivity index is 1.95. The number of para-hydroxylation sites is 1. The van der Waals surface area contributed by atoms with Gasteiger partial charge in [0.25, 0.3) is 0 Å². The summed E-state index contributed by atoms with van der Waals surface area (Å²) in [5, 5.41) is 4.59. The van der Waals surface area contributed by atoms with E-state index in [2.05, 4.69) is 0 Å². The largest absolute Gasteiger partial charge is 0.496 e. The van der Waals surface area contributed by atoms with Crippen LogP contribution in [0, 0.1) is 0 Å². The highest BCUT2D eigenvalue weighted by Gasteiger charge is 2.26. The molecule has 3 rings (SSSR count). The maximum absolute atomic E-state index is 13.0. The van der Waals surface area contributed by atoms with Gasteiger partial charge in [0.05, 0.1) is 18.4 Å². The van der Waals surface area contributed by atoms with Gasteiger partial charge in [-0.25, -0.2) is 13.6 Å². The number of nitrogens with zero attached hydrogens (tertiary/aromatic N) is 1. The van der Waals surface area contributed by atoms with Crippen molar-refractivity contribution in [2.45, 2.75) is 11.7 Å². The van der Waals surface area contributed by atoms with E-state index in [1.54, 1.807) is 72.3 Å². The molecule has 3 aromatic rings. The molecule has 28 heavy (non-hydrogen) atoms. The molecular formula is C21H22N2O4S. The number of nitrogens with two attached hydrogens (primary N) is 1. The molecule has 2 aromatic carbocycles. The number of ketones is 1. The quantitative estimate of drug-likeness (QED) is 0.620. The van der Waals surface area contributed by atoms with Crippen molar-refractivity contribution in [1.29, 1.82) is 0 Å². The van der Waals surface area contributed by atoms with E-state index < -0.39 is 15.3 Å². The summed E-state index contributed by atoms with van der Waals surface area (Å²) in [7, 11) is -0.573. The Morgan fingerprint density at radius 2 is 1.68 bits per heavy atom. The lowest BCUT2D eigenvalue weighted by atomic mass is 10.1. The van der Waals surface area contributed by atoms with Gasteiger partial charge in [0, 0.05) is 19.2 Å². The van der Waals surface area contributed by atoms with Crippen LogP contribution >= 0.6 is 0 Å². The lowest BCUT2D eigenvalue weighted by Gasteiger charge is -2.16. The second kappa shape index (κ2) is 8.00. The number of ether oxygens (including phenoxy) is 1. The van der Waals surface area contributed by atoms with Gasteiger partial charge in [-0.15, -0.1) is 0 Å². The number of carbonyl (C=O) groups excluding carboxylic acids is 1. The van der Waals surface area contributed by atoms with E-state index in [1.807, 2.05) is 6.07 Å². The molecule has 1 unspecified atom stereocenters. The average Bonchev–Trinajstić information content (AvgIpc) is 3.05. The number of methoxy groups -OCH3 is 1. The minimum atomic E-state index is -3.83. The lowest BCUT2D eigenvalue weighted by molar-refractivity contribution is 0.102. The summed E-state index contributed by atoms with van der Waals surface area (Å²) in [6, 6.07) is 19.3. The number of benzene rings is 2. The highest BCUT2D eigenvalue weighted by molar-refractivity contribution is 7.89. The molecule has 2 N–H and O–H groups in total. The normalized spacial score (nSPS) is 12.5. The van der Waals surface area contributed by atoms with Gasteiger partial charge in [-0.05, 0) is 29.8 Å². The summed E-state index contributed by atoms with van der Waals surface area (Å²) >= 11 is 0. The first-order valence-corrected chi connectivity index (χ1v) is 10.3. The Bertz CT molecular complexity index is 1090. The van der Waals surface area contributed by atoms with E-state index in [1.165, 1.54) is 7.11 Å². The number of hydrogen-bond acceptors (Lipinski definition) is 4. The van der Waals surface area contributed by atoms with Crippen LogP contribution in [0.2, 0.25) is 0 Å². The summed E-state index contributed by atoms with van der Waals surface area (Å²) in [4.78, 5) is 13.0. The molecule has 0 saturated carbocycles. The molecule has 6 nitrogen and oxygen atoms in total. The zero-order valence-electron chi connectivity index (χ0n) is 15.7. The van der Waals surface area contributed by atoms with Crippen molar-refractivity contribution >= 4 is 15.8 Å². The number of carbonyl (C=O) groups is 1. The van der Waals surface area contributed by atoms with E-state index in [0.717, 1.165) is 0 Å². The van der Waals surface area contributed by atoms with Gasteiger partial charge in [0.2, 0.25) is 15.8 Å². The first kappa shape index (κ1) is 19.9. The van der Waals surface area contributed by atoms with Gasteiger partial charge in [-0.1, -0.05) is 42.5 Å². The standard InChI is InChI=1S/C21H22N2O4S/c1-23-16(14-20(28(22,25)26)15-8-4-3-5-9-15)12-13-18(23)21(24)17-10-6-7-11-19(17)27-2/h3-13,20H,14H2,1-2H3,(H2,22,25,26). The Morgan fingerprint density at radius 1 is 1.04 bits per heavy atom. The van der Waals surface area contributed by atoms with Gasteiger partial charge in [-0.2, -0.15) is 0 Å². The highest BCUT2D eigenvalue weighted by Crippen LogP contribution is 2.27. The first-order chi connectivity index (χ1) is 13.3. The number of hydrogen-bond donors (Lipinski definition) is 1. The third kappa shape index (κ3) is 4.00. The zero-order valence-corrected chi connectivity index (χ0v) is 16.5. The van der Waals surface area contributed by atoms with Crippen molar-refractivity contribution in [3.63, 3.8) is 0 Å². The molecule has 146 valence electrons. The van der Waals surface area contributed by atoms with Gasteiger partial charge >= 0.3 is 0 Å². The van der Waals surface area contributed by atoms with Gasteiger partial charge < -0.3 is 9.30 Å². The van der Waals surface area contributed by atoms with Crippen LogP contribution in [0.5, 0.6) is 5.75 Å². The summed E-state index contributed by atoms with van der Waals surface area (Å²) in [5.74, 6) is 0.292. The van der Waals surface area contributed by atoms with E-state index >= 15 is 0 Å². The maximum atomic E-state index is 13.0. The topological polar surface area (TPSA) is 91.4 Å². The molecule has 0 spiro atoms. The second-order valence-electron chi connectivity index (χ2n) is 6.49. The van der Waals surface area contributed by atoms with Crippen molar-refractivity contribution in [2.24, 2.45) is 12.2 Å². The monoisotopic (exact) mass is 398 g/mol. The van der Waals surface area contributed by atoms with Crippen molar-refractivity contribution in [2.75, 3.05) is 7.11 Å². The molecule has 0 fully saturated rings. The molecule has 0 aliphatic heterocycles. The van der Waals surface area contributed by atoms with Crippen LogP contribution < -0.4 is 9.88 Å². The number of aromatic nitrogens is 1. The SMILES string of the molecule is COc1ccccc1C(=O)c1ccc(CC(c2ccccc2)S(N)(=O)=O)n1C. The van der Waals surface area contributed by atoms with Crippen LogP contribution in [0.25, 0.3) is 0 Å². The molecule has 1 aromatic heterocycles. The smallest absolute Gasteiger partial charge is 0.216 e.